The number of carbonyl (C=O) groups excluding carboxylic acids is 4. The van der Waals surface area contributed by atoms with Crippen molar-refractivity contribution in [3.05, 3.63) is 29.8 Å². The van der Waals surface area contributed by atoms with Crippen molar-refractivity contribution < 1.29 is 23.9 Å². The fourth-order valence-electron chi connectivity index (χ4n) is 2.89. The summed E-state index contributed by atoms with van der Waals surface area (Å²) < 4.78 is 5.52. The van der Waals surface area contributed by atoms with Crippen molar-refractivity contribution in [3.8, 4) is 5.75 Å². The van der Waals surface area contributed by atoms with Crippen molar-refractivity contribution in [2.75, 3.05) is 20.2 Å². The Hall–Kier alpha value is -3.10. The molecular weight excluding hydrogens is 316 g/mol. The number of urea groups is 2. The molecule has 1 fully saturated rings. The van der Waals surface area contributed by atoms with Crippen molar-refractivity contribution in [1.82, 2.24) is 20.9 Å². The molecule has 9 heteroatoms. The first kappa shape index (κ1) is 15.8. The molecule has 2 aliphatic heterocycles. The van der Waals surface area contributed by atoms with Gasteiger partial charge in [-0.1, -0.05) is 18.2 Å². The van der Waals surface area contributed by atoms with Gasteiger partial charge in [-0.3, -0.25) is 19.8 Å². The first-order valence-electron chi connectivity index (χ1n) is 7.36. The Bertz CT molecular complexity index is 734. The summed E-state index contributed by atoms with van der Waals surface area (Å²) in [5.74, 6) is -0.764. The summed E-state index contributed by atoms with van der Waals surface area (Å²) in [5, 5.41) is 6.92. The van der Waals surface area contributed by atoms with Crippen LogP contribution in [-0.4, -0.2) is 49.0 Å². The van der Waals surface area contributed by atoms with Gasteiger partial charge in [0.15, 0.2) is 5.54 Å². The predicted molar refractivity (Wildman–Crippen MR) is 81.1 cm³/mol. The Morgan fingerprint density at radius 2 is 2.08 bits per heavy atom. The standard InChI is InChI=1S/C15H16N4O5/c1-16-13(22)17-11(20)8-19-12(21)15(18-14(19)23)6-7-24-10-5-3-2-4-9(10)15/h2-5H,6-8H2,1H3,(H,18,23)(H2,16,17,20,22)/t15-/m1/s1. The monoisotopic (exact) mass is 332 g/mol. The molecule has 0 aromatic heterocycles. The van der Waals surface area contributed by atoms with Crippen molar-refractivity contribution in [3.63, 3.8) is 0 Å². The molecule has 1 aromatic rings. The number of benzene rings is 1. The Kier molecular flexibility index (Phi) is 3.84. The maximum absolute atomic E-state index is 12.9. The third kappa shape index (κ3) is 2.43. The topological polar surface area (TPSA) is 117 Å². The molecule has 0 saturated carbocycles. The Morgan fingerprint density at radius 3 is 2.83 bits per heavy atom. The van der Waals surface area contributed by atoms with Crippen LogP contribution < -0.4 is 20.7 Å². The first-order chi connectivity index (χ1) is 11.5. The minimum Gasteiger partial charge on any atom is -0.493 e. The van der Waals surface area contributed by atoms with Gasteiger partial charge in [-0.15, -0.1) is 0 Å². The van der Waals surface area contributed by atoms with Crippen LogP contribution in [-0.2, 0) is 15.1 Å². The Balaban J connectivity index is 1.85. The van der Waals surface area contributed by atoms with Gasteiger partial charge in [0.05, 0.1) is 6.61 Å². The van der Waals surface area contributed by atoms with Crippen LogP contribution in [0.1, 0.15) is 12.0 Å². The van der Waals surface area contributed by atoms with Gasteiger partial charge in [-0.05, 0) is 6.07 Å². The second kappa shape index (κ2) is 5.84. The molecule has 24 heavy (non-hydrogen) atoms. The van der Waals surface area contributed by atoms with Gasteiger partial charge in [0.1, 0.15) is 12.3 Å². The number of imide groups is 2. The maximum Gasteiger partial charge on any atom is 0.325 e. The van der Waals surface area contributed by atoms with E-state index in [0.29, 0.717) is 11.3 Å². The average molecular weight is 332 g/mol. The largest absolute Gasteiger partial charge is 0.493 e. The lowest BCUT2D eigenvalue weighted by Gasteiger charge is -2.33. The van der Waals surface area contributed by atoms with E-state index in [2.05, 4.69) is 10.6 Å². The molecule has 126 valence electrons. The summed E-state index contributed by atoms with van der Waals surface area (Å²) in [6.45, 7) is -0.274. The molecule has 0 aliphatic carbocycles. The minimum atomic E-state index is -1.24. The van der Waals surface area contributed by atoms with E-state index in [1.807, 2.05) is 5.32 Å². The summed E-state index contributed by atoms with van der Waals surface area (Å²) in [6.07, 6.45) is 0.266. The minimum absolute atomic E-state index is 0.265. The predicted octanol–water partition coefficient (Wildman–Crippen LogP) is -0.328. The zero-order chi connectivity index (χ0) is 17.3. The van der Waals surface area contributed by atoms with Crippen LogP contribution in [0.3, 0.4) is 0 Å². The molecule has 2 aliphatic rings. The van der Waals surface area contributed by atoms with Crippen LogP contribution in [0, 0.1) is 0 Å². The number of para-hydroxylation sites is 1. The lowest BCUT2D eigenvalue weighted by Crippen LogP contribution is -2.48. The zero-order valence-corrected chi connectivity index (χ0v) is 12.9. The van der Waals surface area contributed by atoms with E-state index < -0.39 is 36.0 Å². The number of nitrogens with one attached hydrogen (secondary N) is 3. The highest BCUT2D eigenvalue weighted by atomic mass is 16.5. The SMILES string of the molecule is CNC(=O)NC(=O)CN1C(=O)N[C@@]2(CCOc3ccccc32)C1=O. The molecule has 0 unspecified atom stereocenters. The molecule has 1 spiro atoms. The molecule has 1 saturated heterocycles. The van der Waals surface area contributed by atoms with Crippen molar-refractivity contribution >= 4 is 23.9 Å². The first-order valence-corrected chi connectivity index (χ1v) is 7.36. The third-order valence-electron chi connectivity index (χ3n) is 4.04. The van der Waals surface area contributed by atoms with E-state index in [4.69, 9.17) is 4.74 Å². The summed E-state index contributed by atoms with van der Waals surface area (Å²) in [5.41, 5.74) is -0.678. The van der Waals surface area contributed by atoms with E-state index in [1.54, 1.807) is 24.3 Å². The van der Waals surface area contributed by atoms with E-state index >= 15 is 0 Å². The van der Waals surface area contributed by atoms with Crippen LogP contribution in [0.4, 0.5) is 9.59 Å². The molecule has 0 radical (unpaired) electrons. The van der Waals surface area contributed by atoms with Gasteiger partial charge < -0.3 is 15.4 Å². The second-order valence-corrected chi connectivity index (χ2v) is 5.45. The van der Waals surface area contributed by atoms with Gasteiger partial charge in [-0.2, -0.15) is 0 Å². The van der Waals surface area contributed by atoms with E-state index in [0.717, 1.165) is 4.90 Å². The summed E-state index contributed by atoms with van der Waals surface area (Å²) in [7, 11) is 1.35. The van der Waals surface area contributed by atoms with E-state index in [9.17, 15) is 19.2 Å². The number of hydrogen-bond acceptors (Lipinski definition) is 5. The maximum atomic E-state index is 12.9. The van der Waals surface area contributed by atoms with Gasteiger partial charge in [0.25, 0.3) is 5.91 Å². The fourth-order valence-corrected chi connectivity index (χ4v) is 2.89. The number of rotatable bonds is 2. The Labute approximate surface area is 137 Å². The van der Waals surface area contributed by atoms with E-state index in [-0.39, 0.29) is 13.0 Å². The lowest BCUT2D eigenvalue weighted by molar-refractivity contribution is -0.135. The summed E-state index contributed by atoms with van der Waals surface area (Å²) >= 11 is 0. The van der Waals surface area contributed by atoms with Crippen LogP contribution in [0.2, 0.25) is 0 Å². The molecule has 9 nitrogen and oxygen atoms in total. The normalized spacial score (nSPS) is 21.8. The molecule has 1 atom stereocenters. The molecule has 6 amide bonds. The molecular formula is C15H16N4O5. The lowest BCUT2D eigenvalue weighted by atomic mass is 9.84. The highest BCUT2D eigenvalue weighted by Gasteiger charge is 2.55. The number of carbonyl (C=O) groups is 4. The molecule has 3 rings (SSSR count). The second-order valence-electron chi connectivity index (χ2n) is 5.45. The third-order valence-corrected chi connectivity index (χ3v) is 4.04. The number of hydrogen-bond donors (Lipinski definition) is 3. The van der Waals surface area contributed by atoms with Gasteiger partial charge in [0.2, 0.25) is 5.91 Å². The quantitative estimate of drug-likeness (QED) is 0.641. The molecule has 2 heterocycles. The van der Waals surface area contributed by atoms with Gasteiger partial charge in [0, 0.05) is 19.0 Å². The molecule has 3 N–H and O–H groups in total. The van der Waals surface area contributed by atoms with Crippen LogP contribution >= 0.6 is 0 Å². The smallest absolute Gasteiger partial charge is 0.325 e. The fraction of sp³-hybridized carbons (Fsp3) is 0.333. The number of amides is 6. The highest BCUT2D eigenvalue weighted by molar-refractivity contribution is 6.10. The number of ether oxygens (including phenoxy) is 1. The molecule has 1 aromatic carbocycles. The van der Waals surface area contributed by atoms with Gasteiger partial charge >= 0.3 is 12.1 Å². The zero-order valence-electron chi connectivity index (χ0n) is 12.9. The van der Waals surface area contributed by atoms with E-state index in [1.165, 1.54) is 7.05 Å². The van der Waals surface area contributed by atoms with Crippen molar-refractivity contribution in [2.45, 2.75) is 12.0 Å². The number of fused-ring (bicyclic) bond motifs is 2. The average Bonchev–Trinajstić information content (AvgIpc) is 2.80. The van der Waals surface area contributed by atoms with Crippen molar-refractivity contribution in [1.29, 1.82) is 0 Å². The van der Waals surface area contributed by atoms with Crippen LogP contribution in [0.15, 0.2) is 24.3 Å². The highest BCUT2D eigenvalue weighted by Crippen LogP contribution is 2.40. The summed E-state index contributed by atoms with van der Waals surface area (Å²) in [4.78, 5) is 48.9. The van der Waals surface area contributed by atoms with Crippen LogP contribution in [0.25, 0.3) is 0 Å². The number of nitrogens with zero attached hydrogens (tertiary/aromatic N) is 1. The molecule has 0 bridgehead atoms. The van der Waals surface area contributed by atoms with Gasteiger partial charge in [-0.25, -0.2) is 9.59 Å². The van der Waals surface area contributed by atoms with Crippen LogP contribution in [0.5, 0.6) is 5.75 Å². The Morgan fingerprint density at radius 1 is 1.33 bits per heavy atom. The summed E-state index contributed by atoms with van der Waals surface area (Å²) in [6, 6.07) is 5.56. The van der Waals surface area contributed by atoms with Crippen molar-refractivity contribution in [2.24, 2.45) is 0 Å².